The maximum atomic E-state index is 12.4. The largest absolute Gasteiger partial charge is 0.298 e. The first-order chi connectivity index (χ1) is 11.2. The van der Waals surface area contributed by atoms with Crippen molar-refractivity contribution in [2.75, 3.05) is 0 Å². The van der Waals surface area contributed by atoms with E-state index < -0.39 is 0 Å². The zero-order chi connectivity index (χ0) is 16.2. The number of benzene rings is 2. The third-order valence-electron chi connectivity index (χ3n) is 3.49. The molecule has 1 heterocycles. The van der Waals surface area contributed by atoms with Crippen LogP contribution in [-0.4, -0.2) is 10.9 Å². The van der Waals surface area contributed by atoms with E-state index in [1.165, 1.54) is 4.57 Å². The van der Waals surface area contributed by atoms with E-state index in [4.69, 9.17) is 11.6 Å². The number of nitrogens with zero attached hydrogens (tertiary/aromatic N) is 1. The van der Waals surface area contributed by atoms with Gasteiger partial charge in [-0.15, -0.1) is 0 Å². The van der Waals surface area contributed by atoms with Gasteiger partial charge in [0.05, 0.1) is 22.6 Å². The Morgan fingerprint density at radius 3 is 2.61 bits per heavy atom. The summed E-state index contributed by atoms with van der Waals surface area (Å²) in [5.74, 6) is 5.92. The van der Waals surface area contributed by atoms with Gasteiger partial charge in [-0.3, -0.25) is 14.2 Å². The number of halogens is 1. The van der Waals surface area contributed by atoms with Crippen LogP contribution in [0, 0.1) is 11.8 Å². The van der Waals surface area contributed by atoms with Gasteiger partial charge in [0.25, 0.3) is 5.56 Å². The molecule has 0 amide bonds. The van der Waals surface area contributed by atoms with Crippen LogP contribution in [0.4, 0.5) is 0 Å². The fourth-order valence-electron chi connectivity index (χ4n) is 2.37. The number of para-hydroxylation sites is 1. The second-order valence-electron chi connectivity index (χ2n) is 4.95. The number of pyridine rings is 1. The average molecular weight is 322 g/mol. The number of hydrogen-bond acceptors (Lipinski definition) is 2. The Hall–Kier alpha value is -2.83. The third-order valence-corrected chi connectivity index (χ3v) is 3.82. The highest BCUT2D eigenvalue weighted by Gasteiger charge is 2.07. The molecule has 0 fully saturated rings. The van der Waals surface area contributed by atoms with Gasteiger partial charge in [0, 0.05) is 5.56 Å². The first kappa shape index (κ1) is 15.1. The Morgan fingerprint density at radius 2 is 1.83 bits per heavy atom. The van der Waals surface area contributed by atoms with Crippen molar-refractivity contribution in [2.24, 2.45) is 0 Å². The van der Waals surface area contributed by atoms with E-state index >= 15 is 0 Å². The topological polar surface area (TPSA) is 39.1 Å². The van der Waals surface area contributed by atoms with E-state index in [2.05, 4.69) is 11.8 Å². The van der Waals surface area contributed by atoms with Gasteiger partial charge in [-0.1, -0.05) is 53.8 Å². The van der Waals surface area contributed by atoms with Crippen molar-refractivity contribution >= 4 is 28.8 Å². The molecule has 3 rings (SSSR count). The minimum atomic E-state index is -0.341. The summed E-state index contributed by atoms with van der Waals surface area (Å²) in [5, 5.41) is 1.40. The van der Waals surface area contributed by atoms with Crippen LogP contribution in [0.5, 0.6) is 0 Å². The SMILES string of the molecule is O=Cc1cc2ccccc2n(CC#Cc2ccccc2Cl)c1=O. The summed E-state index contributed by atoms with van der Waals surface area (Å²) in [5.41, 5.74) is 1.24. The quantitative estimate of drug-likeness (QED) is 0.535. The predicted molar refractivity (Wildman–Crippen MR) is 91.9 cm³/mol. The molecule has 0 aliphatic heterocycles. The smallest absolute Gasteiger partial charge is 0.262 e. The standard InChI is InChI=1S/C19H12ClNO2/c20-17-9-3-1-6-14(17)8-5-11-21-18-10-4-2-7-15(18)12-16(13-22)19(21)23/h1-4,6-7,9-10,12-13H,11H2. The number of carbonyl (C=O) groups is 1. The summed E-state index contributed by atoms with van der Waals surface area (Å²) < 4.78 is 1.50. The zero-order valence-electron chi connectivity index (χ0n) is 12.1. The highest BCUT2D eigenvalue weighted by molar-refractivity contribution is 6.31. The molecule has 112 valence electrons. The Balaban J connectivity index is 2.07. The first-order valence-corrected chi connectivity index (χ1v) is 7.39. The molecule has 0 aliphatic carbocycles. The fourth-order valence-corrected chi connectivity index (χ4v) is 2.55. The number of aromatic nitrogens is 1. The van der Waals surface area contributed by atoms with E-state index in [0.717, 1.165) is 10.9 Å². The van der Waals surface area contributed by atoms with E-state index in [1.807, 2.05) is 42.5 Å². The van der Waals surface area contributed by atoms with E-state index in [0.29, 0.717) is 16.9 Å². The Kier molecular flexibility index (Phi) is 4.27. The van der Waals surface area contributed by atoms with Crippen molar-refractivity contribution in [3.8, 4) is 11.8 Å². The minimum Gasteiger partial charge on any atom is -0.298 e. The highest BCUT2D eigenvalue weighted by Crippen LogP contribution is 2.14. The lowest BCUT2D eigenvalue weighted by molar-refractivity contribution is 0.112. The summed E-state index contributed by atoms with van der Waals surface area (Å²) in [4.78, 5) is 23.5. The maximum Gasteiger partial charge on any atom is 0.262 e. The van der Waals surface area contributed by atoms with Gasteiger partial charge in [-0.05, 0) is 29.7 Å². The molecule has 0 unspecified atom stereocenters. The Bertz CT molecular complexity index is 1010. The third kappa shape index (κ3) is 3.03. The van der Waals surface area contributed by atoms with Crippen LogP contribution in [0.15, 0.2) is 59.4 Å². The lowest BCUT2D eigenvalue weighted by atomic mass is 10.1. The van der Waals surface area contributed by atoms with Gasteiger partial charge in [0.1, 0.15) is 0 Å². The molecular weight excluding hydrogens is 310 g/mol. The summed E-state index contributed by atoms with van der Waals surface area (Å²) in [6, 6.07) is 16.3. The molecule has 3 aromatic rings. The lowest BCUT2D eigenvalue weighted by Gasteiger charge is -2.07. The molecular formula is C19H12ClNO2. The summed E-state index contributed by atoms with van der Waals surface area (Å²) >= 11 is 6.06. The van der Waals surface area contributed by atoms with E-state index in [9.17, 15) is 9.59 Å². The normalized spacial score (nSPS) is 10.1. The van der Waals surface area contributed by atoms with Gasteiger partial charge in [-0.2, -0.15) is 0 Å². The summed E-state index contributed by atoms with van der Waals surface area (Å²) in [6.07, 6.45) is 0.576. The molecule has 0 saturated heterocycles. The lowest BCUT2D eigenvalue weighted by Crippen LogP contribution is -2.23. The molecule has 0 radical (unpaired) electrons. The molecule has 1 aromatic heterocycles. The molecule has 0 N–H and O–H groups in total. The van der Waals surface area contributed by atoms with Crippen molar-refractivity contribution in [2.45, 2.75) is 6.54 Å². The highest BCUT2D eigenvalue weighted by atomic mass is 35.5. The van der Waals surface area contributed by atoms with Crippen molar-refractivity contribution in [3.63, 3.8) is 0 Å². The molecule has 4 heteroatoms. The van der Waals surface area contributed by atoms with Crippen LogP contribution in [0.1, 0.15) is 15.9 Å². The van der Waals surface area contributed by atoms with Crippen LogP contribution in [-0.2, 0) is 6.54 Å². The van der Waals surface area contributed by atoms with Crippen LogP contribution in [0.3, 0.4) is 0 Å². The van der Waals surface area contributed by atoms with Gasteiger partial charge in [0.2, 0.25) is 0 Å². The number of hydrogen-bond donors (Lipinski definition) is 0. The van der Waals surface area contributed by atoms with Gasteiger partial charge < -0.3 is 0 Å². The molecule has 0 bridgehead atoms. The Labute approximate surface area is 138 Å². The molecule has 0 spiro atoms. The molecule has 0 saturated carbocycles. The fraction of sp³-hybridized carbons (Fsp3) is 0.0526. The monoisotopic (exact) mass is 321 g/mol. The van der Waals surface area contributed by atoms with Crippen LogP contribution in [0.2, 0.25) is 5.02 Å². The number of rotatable bonds is 2. The molecule has 23 heavy (non-hydrogen) atoms. The van der Waals surface area contributed by atoms with Crippen molar-refractivity contribution in [3.05, 3.63) is 81.1 Å². The number of aldehydes is 1. The molecule has 2 aromatic carbocycles. The second-order valence-corrected chi connectivity index (χ2v) is 5.36. The van der Waals surface area contributed by atoms with Crippen molar-refractivity contribution in [1.82, 2.24) is 4.57 Å². The number of carbonyl (C=O) groups excluding carboxylic acids is 1. The average Bonchev–Trinajstić information content (AvgIpc) is 2.58. The molecule has 0 atom stereocenters. The summed E-state index contributed by atoms with van der Waals surface area (Å²) in [7, 11) is 0. The van der Waals surface area contributed by atoms with Crippen LogP contribution in [0.25, 0.3) is 10.9 Å². The first-order valence-electron chi connectivity index (χ1n) is 7.02. The van der Waals surface area contributed by atoms with Gasteiger partial charge in [0.15, 0.2) is 6.29 Å². The van der Waals surface area contributed by atoms with Crippen molar-refractivity contribution < 1.29 is 4.79 Å². The predicted octanol–water partition coefficient (Wildman–Crippen LogP) is 3.52. The van der Waals surface area contributed by atoms with E-state index in [1.54, 1.807) is 12.1 Å². The van der Waals surface area contributed by atoms with Gasteiger partial charge in [-0.25, -0.2) is 0 Å². The number of fused-ring (bicyclic) bond motifs is 1. The molecule has 3 nitrogen and oxygen atoms in total. The van der Waals surface area contributed by atoms with Crippen molar-refractivity contribution in [1.29, 1.82) is 0 Å². The second kappa shape index (κ2) is 6.51. The Morgan fingerprint density at radius 1 is 1.09 bits per heavy atom. The minimum absolute atomic E-state index is 0.128. The van der Waals surface area contributed by atoms with Crippen LogP contribution < -0.4 is 5.56 Å². The van der Waals surface area contributed by atoms with Gasteiger partial charge >= 0.3 is 0 Å². The summed E-state index contributed by atoms with van der Waals surface area (Å²) in [6.45, 7) is 0.187. The van der Waals surface area contributed by atoms with E-state index in [-0.39, 0.29) is 17.7 Å². The zero-order valence-corrected chi connectivity index (χ0v) is 12.9. The molecule has 0 aliphatic rings. The maximum absolute atomic E-state index is 12.4. The van der Waals surface area contributed by atoms with Crippen LogP contribution >= 0.6 is 11.6 Å².